The summed E-state index contributed by atoms with van der Waals surface area (Å²) in [7, 11) is 1.96. The zero-order chi connectivity index (χ0) is 7.84. The lowest BCUT2D eigenvalue weighted by Crippen LogP contribution is -2.14. The second kappa shape index (κ2) is 1.98. The molecule has 0 aliphatic heterocycles. The predicted molar refractivity (Wildman–Crippen MR) is 45.6 cm³/mol. The first kappa shape index (κ1) is 6.21. The number of rotatable bonds is 0. The number of nitrogens with zero attached hydrogens (tertiary/aromatic N) is 3. The molecule has 0 aliphatic rings. The lowest BCUT2D eigenvalue weighted by Gasteiger charge is -1.93. The molecule has 0 saturated carbocycles. The van der Waals surface area contributed by atoms with E-state index in [1.165, 1.54) is 0 Å². The van der Waals surface area contributed by atoms with Crippen molar-refractivity contribution in [2.45, 2.75) is 0 Å². The number of pyridine rings is 1. The van der Waals surface area contributed by atoms with Crippen LogP contribution in [-0.2, 0) is 0 Å². The maximum atomic E-state index is 5.42. The van der Waals surface area contributed by atoms with Gasteiger partial charge in [0.05, 0.1) is 0 Å². The van der Waals surface area contributed by atoms with Gasteiger partial charge in [-0.3, -0.25) is 0 Å². The van der Waals surface area contributed by atoms with Gasteiger partial charge in [-0.05, 0) is 11.7 Å². The van der Waals surface area contributed by atoms with Crippen LogP contribution in [0.25, 0.3) is 5.65 Å². The molecule has 54 valence electrons. The molecule has 0 saturated heterocycles. The largest absolute Gasteiger partial charge is 0.366 e. The van der Waals surface area contributed by atoms with E-state index in [0.717, 1.165) is 11.2 Å². The highest BCUT2D eigenvalue weighted by atomic mass is 15.3. The van der Waals surface area contributed by atoms with Gasteiger partial charge < -0.3 is 5.73 Å². The Morgan fingerprint density at radius 2 is 2.27 bits per heavy atom. The molecule has 0 spiro atoms. The molecule has 2 heterocycles. The van der Waals surface area contributed by atoms with Gasteiger partial charge in [0.15, 0.2) is 13.5 Å². The zero-order valence-electron chi connectivity index (χ0n) is 6.15. The summed E-state index contributed by atoms with van der Waals surface area (Å²) < 4.78 is 1.72. The summed E-state index contributed by atoms with van der Waals surface area (Å²) in [6.07, 6.45) is 0. The molecule has 2 aromatic heterocycles. The molecule has 2 rings (SSSR count). The minimum absolute atomic E-state index is 0.319. The van der Waals surface area contributed by atoms with Gasteiger partial charge in [0, 0.05) is 0 Å². The normalized spacial score (nSPS) is 10.5. The van der Waals surface area contributed by atoms with Gasteiger partial charge in [-0.1, -0.05) is 12.1 Å². The highest BCUT2D eigenvalue weighted by Gasteiger charge is 1.99. The second-order valence-corrected chi connectivity index (χ2v) is 2.41. The predicted octanol–water partition coefficient (Wildman–Crippen LogP) is -1.43. The van der Waals surface area contributed by atoms with Crippen molar-refractivity contribution in [1.82, 2.24) is 14.6 Å². The van der Waals surface area contributed by atoms with E-state index in [4.69, 9.17) is 5.73 Å². The first-order valence-electron chi connectivity index (χ1n) is 3.35. The number of nitrogens with two attached hydrogens (primary N) is 1. The van der Waals surface area contributed by atoms with Crippen LogP contribution in [0.1, 0.15) is 0 Å². The molecule has 0 atom stereocenters. The maximum Gasteiger partial charge on any atom is 0.240 e. The van der Waals surface area contributed by atoms with E-state index < -0.39 is 0 Å². The van der Waals surface area contributed by atoms with Crippen molar-refractivity contribution in [3.8, 4) is 0 Å². The van der Waals surface area contributed by atoms with Crippen molar-refractivity contribution < 1.29 is 0 Å². The number of hydrogen-bond donors (Lipinski definition) is 1. The van der Waals surface area contributed by atoms with Crippen LogP contribution in [0.5, 0.6) is 0 Å². The second-order valence-electron chi connectivity index (χ2n) is 2.41. The van der Waals surface area contributed by atoms with Crippen molar-refractivity contribution in [3.05, 3.63) is 18.2 Å². The fourth-order valence-corrected chi connectivity index (χ4v) is 1.05. The molecule has 0 aromatic carbocycles. The minimum atomic E-state index is 0.319. The smallest absolute Gasteiger partial charge is 0.240 e. The van der Waals surface area contributed by atoms with Crippen LogP contribution in [0.15, 0.2) is 18.2 Å². The SMILES string of the molecule is Bc1cccc2nc(N)nn12. The summed E-state index contributed by atoms with van der Waals surface area (Å²) in [5.41, 5.74) is 7.24. The van der Waals surface area contributed by atoms with Gasteiger partial charge in [0.2, 0.25) is 5.95 Å². The molecule has 0 unspecified atom stereocenters. The molecule has 0 fully saturated rings. The standard InChI is InChI=1S/C6H7BN4/c7-4-2-1-3-5-9-6(8)10-11(4)5/h1-3H,7H2,(H2,8,10). The molecular weight excluding hydrogens is 139 g/mol. The van der Waals surface area contributed by atoms with E-state index in [1.54, 1.807) is 4.52 Å². The van der Waals surface area contributed by atoms with Crippen LogP contribution in [0.3, 0.4) is 0 Å². The summed E-state index contributed by atoms with van der Waals surface area (Å²) in [5.74, 6) is 0.319. The van der Waals surface area contributed by atoms with Gasteiger partial charge in [0.1, 0.15) is 0 Å². The summed E-state index contributed by atoms with van der Waals surface area (Å²) in [6.45, 7) is 0. The van der Waals surface area contributed by atoms with E-state index >= 15 is 0 Å². The Balaban J connectivity index is 2.90. The third-order valence-corrected chi connectivity index (χ3v) is 1.57. The Hall–Kier alpha value is -1.52. The maximum absolute atomic E-state index is 5.42. The number of hydrogen-bond acceptors (Lipinski definition) is 3. The quantitative estimate of drug-likeness (QED) is 0.463. The summed E-state index contributed by atoms with van der Waals surface area (Å²) in [6, 6.07) is 5.76. The highest BCUT2D eigenvalue weighted by molar-refractivity contribution is 6.30. The van der Waals surface area contributed by atoms with E-state index in [9.17, 15) is 0 Å². The van der Waals surface area contributed by atoms with Crippen molar-refractivity contribution in [2.75, 3.05) is 5.73 Å². The van der Waals surface area contributed by atoms with Crippen LogP contribution in [0, 0.1) is 0 Å². The number of fused-ring (bicyclic) bond motifs is 1. The van der Waals surface area contributed by atoms with Crippen LogP contribution in [0.4, 0.5) is 5.95 Å². The van der Waals surface area contributed by atoms with Crippen LogP contribution in [0.2, 0.25) is 0 Å². The van der Waals surface area contributed by atoms with Crippen molar-refractivity contribution >= 4 is 25.0 Å². The van der Waals surface area contributed by atoms with Crippen molar-refractivity contribution in [3.63, 3.8) is 0 Å². The molecule has 2 N–H and O–H groups in total. The third-order valence-electron chi connectivity index (χ3n) is 1.57. The van der Waals surface area contributed by atoms with Crippen LogP contribution in [-0.4, -0.2) is 22.4 Å². The van der Waals surface area contributed by atoms with Crippen LogP contribution < -0.4 is 11.3 Å². The summed E-state index contributed by atoms with van der Waals surface area (Å²) in [4.78, 5) is 4.00. The first-order valence-corrected chi connectivity index (χ1v) is 3.35. The summed E-state index contributed by atoms with van der Waals surface area (Å²) in [5, 5.41) is 4.00. The Morgan fingerprint density at radius 1 is 1.45 bits per heavy atom. The Morgan fingerprint density at radius 3 is 3.00 bits per heavy atom. The van der Waals surface area contributed by atoms with Crippen LogP contribution >= 0.6 is 0 Å². The Bertz CT molecular complexity index is 394. The number of nitrogen functional groups attached to an aromatic ring is 1. The molecule has 4 nitrogen and oxygen atoms in total. The Kier molecular flexibility index (Phi) is 1.12. The lowest BCUT2D eigenvalue weighted by atomic mass is 10.0. The summed E-state index contributed by atoms with van der Waals surface area (Å²) >= 11 is 0. The minimum Gasteiger partial charge on any atom is -0.366 e. The molecule has 0 amide bonds. The molecule has 0 bridgehead atoms. The van der Waals surface area contributed by atoms with Gasteiger partial charge in [-0.25, -0.2) is 4.52 Å². The average Bonchev–Trinajstić information content (AvgIpc) is 2.31. The third kappa shape index (κ3) is 0.850. The van der Waals surface area contributed by atoms with E-state index in [2.05, 4.69) is 10.1 Å². The molecule has 5 heteroatoms. The number of aromatic nitrogens is 3. The number of anilines is 1. The molecule has 11 heavy (non-hydrogen) atoms. The molecule has 2 aromatic rings. The van der Waals surface area contributed by atoms with E-state index in [-0.39, 0.29) is 0 Å². The zero-order valence-corrected chi connectivity index (χ0v) is 6.15. The van der Waals surface area contributed by atoms with Crippen molar-refractivity contribution in [1.29, 1.82) is 0 Å². The average molecular weight is 146 g/mol. The van der Waals surface area contributed by atoms with Gasteiger partial charge in [0.25, 0.3) is 0 Å². The topological polar surface area (TPSA) is 56.2 Å². The van der Waals surface area contributed by atoms with E-state index in [0.29, 0.717) is 5.95 Å². The highest BCUT2D eigenvalue weighted by Crippen LogP contribution is 1.97. The van der Waals surface area contributed by atoms with E-state index in [1.807, 2.05) is 26.0 Å². The molecule has 0 aliphatic carbocycles. The molecule has 0 radical (unpaired) electrons. The molecular formula is C6H7BN4. The van der Waals surface area contributed by atoms with Crippen molar-refractivity contribution in [2.24, 2.45) is 0 Å². The Labute approximate surface area is 64.4 Å². The van der Waals surface area contributed by atoms with Gasteiger partial charge in [-0.15, -0.1) is 5.10 Å². The van der Waals surface area contributed by atoms with Gasteiger partial charge in [-0.2, -0.15) is 4.98 Å². The fourth-order valence-electron chi connectivity index (χ4n) is 1.05. The monoisotopic (exact) mass is 146 g/mol. The van der Waals surface area contributed by atoms with Gasteiger partial charge >= 0.3 is 0 Å². The fraction of sp³-hybridized carbons (Fsp3) is 0. The first-order chi connectivity index (χ1) is 5.27. The lowest BCUT2D eigenvalue weighted by molar-refractivity contribution is 0.999.